The summed E-state index contributed by atoms with van der Waals surface area (Å²) in [5.41, 5.74) is 1.52. The lowest BCUT2D eigenvalue weighted by molar-refractivity contribution is 0.252. The maximum atomic E-state index is 13.6. The minimum Gasteiger partial charge on any atom is -0.337 e. The number of amides is 2. The summed E-state index contributed by atoms with van der Waals surface area (Å²) in [6.07, 6.45) is 6.86. The SMILES string of the molecule is O=C(NCCc1nc2cccnc2n1C1CCCC1)Nc1cc(F)ccc1F. The molecule has 0 unspecified atom stereocenters. The Labute approximate surface area is 161 Å². The number of benzene rings is 1. The number of anilines is 1. The monoisotopic (exact) mass is 385 g/mol. The maximum Gasteiger partial charge on any atom is 0.319 e. The molecule has 2 N–H and O–H groups in total. The molecule has 8 heteroatoms. The molecule has 0 bridgehead atoms. The molecule has 0 saturated heterocycles. The van der Waals surface area contributed by atoms with Gasteiger partial charge in [-0.2, -0.15) is 0 Å². The fourth-order valence-corrected chi connectivity index (χ4v) is 3.75. The predicted octanol–water partition coefficient (Wildman–Crippen LogP) is 4.19. The van der Waals surface area contributed by atoms with E-state index in [1.165, 1.54) is 12.8 Å². The van der Waals surface area contributed by atoms with Gasteiger partial charge >= 0.3 is 6.03 Å². The Morgan fingerprint density at radius 3 is 2.86 bits per heavy atom. The van der Waals surface area contributed by atoms with E-state index in [1.807, 2.05) is 12.1 Å². The summed E-state index contributed by atoms with van der Waals surface area (Å²) in [7, 11) is 0. The fourth-order valence-electron chi connectivity index (χ4n) is 3.75. The smallest absolute Gasteiger partial charge is 0.319 e. The van der Waals surface area contributed by atoms with Gasteiger partial charge in [0.2, 0.25) is 0 Å². The van der Waals surface area contributed by atoms with Crippen molar-refractivity contribution in [3.63, 3.8) is 0 Å². The van der Waals surface area contributed by atoms with Gasteiger partial charge in [0.25, 0.3) is 0 Å². The second-order valence-corrected chi connectivity index (χ2v) is 6.94. The first-order valence-electron chi connectivity index (χ1n) is 9.43. The standard InChI is InChI=1S/C20H21F2N5O/c21-13-7-8-15(22)17(12-13)26-20(28)24-11-9-18-25-16-6-3-10-23-19(16)27(18)14-4-1-2-5-14/h3,6-8,10,12,14H,1-2,4-5,9,11H2,(H2,24,26,28). The number of rotatable bonds is 5. The highest BCUT2D eigenvalue weighted by Gasteiger charge is 2.23. The topological polar surface area (TPSA) is 71.8 Å². The highest BCUT2D eigenvalue weighted by molar-refractivity contribution is 5.89. The first-order chi connectivity index (χ1) is 13.6. The van der Waals surface area contributed by atoms with Crippen molar-refractivity contribution in [2.45, 2.75) is 38.1 Å². The molecule has 1 aromatic carbocycles. The van der Waals surface area contributed by atoms with Gasteiger partial charge in [-0.15, -0.1) is 0 Å². The Bertz CT molecular complexity index is 997. The third-order valence-electron chi connectivity index (χ3n) is 5.02. The first-order valence-corrected chi connectivity index (χ1v) is 9.43. The number of hydrogen-bond acceptors (Lipinski definition) is 3. The van der Waals surface area contributed by atoms with E-state index in [4.69, 9.17) is 0 Å². The minimum absolute atomic E-state index is 0.195. The van der Waals surface area contributed by atoms with E-state index >= 15 is 0 Å². The number of halogens is 2. The summed E-state index contributed by atoms with van der Waals surface area (Å²) in [6.45, 7) is 0.318. The van der Waals surface area contributed by atoms with Gasteiger partial charge in [-0.3, -0.25) is 0 Å². The van der Waals surface area contributed by atoms with Crippen LogP contribution in [-0.4, -0.2) is 27.1 Å². The van der Waals surface area contributed by atoms with Crippen LogP contribution >= 0.6 is 0 Å². The number of nitrogens with one attached hydrogen (secondary N) is 2. The molecular formula is C20H21F2N5O. The third-order valence-corrected chi connectivity index (χ3v) is 5.02. The molecule has 1 aliphatic carbocycles. The van der Waals surface area contributed by atoms with Gasteiger partial charge < -0.3 is 15.2 Å². The molecule has 0 atom stereocenters. The summed E-state index contributed by atoms with van der Waals surface area (Å²) >= 11 is 0. The van der Waals surface area contributed by atoms with E-state index < -0.39 is 17.7 Å². The van der Waals surface area contributed by atoms with Crippen molar-refractivity contribution in [3.8, 4) is 0 Å². The van der Waals surface area contributed by atoms with Gasteiger partial charge in [0.05, 0.1) is 5.69 Å². The molecule has 1 fully saturated rings. The molecule has 28 heavy (non-hydrogen) atoms. The van der Waals surface area contributed by atoms with E-state index in [1.54, 1.807) is 6.20 Å². The lowest BCUT2D eigenvalue weighted by Crippen LogP contribution is -2.31. The van der Waals surface area contributed by atoms with E-state index in [9.17, 15) is 13.6 Å². The van der Waals surface area contributed by atoms with Crippen molar-refractivity contribution in [1.82, 2.24) is 19.9 Å². The lowest BCUT2D eigenvalue weighted by Gasteiger charge is -2.16. The predicted molar refractivity (Wildman–Crippen MR) is 102 cm³/mol. The molecule has 6 nitrogen and oxygen atoms in total. The number of nitrogens with zero attached hydrogens (tertiary/aromatic N) is 3. The van der Waals surface area contributed by atoms with Crippen LogP contribution in [0.25, 0.3) is 11.2 Å². The average molecular weight is 385 g/mol. The zero-order valence-corrected chi connectivity index (χ0v) is 15.3. The summed E-state index contributed by atoms with van der Waals surface area (Å²) in [6, 6.07) is 6.50. The van der Waals surface area contributed by atoms with Crippen LogP contribution in [0.1, 0.15) is 37.5 Å². The van der Waals surface area contributed by atoms with Gasteiger partial charge in [0, 0.05) is 31.3 Å². The molecule has 2 heterocycles. The van der Waals surface area contributed by atoms with Crippen molar-refractivity contribution < 1.29 is 13.6 Å². The Hall–Kier alpha value is -3.03. The van der Waals surface area contributed by atoms with Crippen LogP contribution in [0.2, 0.25) is 0 Å². The first kappa shape index (κ1) is 18.3. The van der Waals surface area contributed by atoms with Gasteiger partial charge in [-0.05, 0) is 37.1 Å². The van der Waals surface area contributed by atoms with Gasteiger partial charge in [-0.25, -0.2) is 23.5 Å². The molecule has 146 valence electrons. The molecule has 0 spiro atoms. The van der Waals surface area contributed by atoms with E-state index in [0.29, 0.717) is 19.0 Å². The van der Waals surface area contributed by atoms with E-state index in [-0.39, 0.29) is 5.69 Å². The fraction of sp³-hybridized carbons (Fsp3) is 0.350. The maximum absolute atomic E-state index is 13.6. The Balaban J connectivity index is 1.43. The second kappa shape index (κ2) is 7.92. The lowest BCUT2D eigenvalue weighted by atomic mass is 10.2. The summed E-state index contributed by atoms with van der Waals surface area (Å²) in [5.74, 6) is -0.432. The van der Waals surface area contributed by atoms with Crippen molar-refractivity contribution in [2.24, 2.45) is 0 Å². The number of carbonyl (C=O) groups is 1. The number of pyridine rings is 1. The van der Waals surface area contributed by atoms with Crippen LogP contribution in [0.3, 0.4) is 0 Å². The number of fused-ring (bicyclic) bond motifs is 1. The molecule has 0 radical (unpaired) electrons. The highest BCUT2D eigenvalue weighted by atomic mass is 19.1. The zero-order chi connectivity index (χ0) is 19.5. The highest BCUT2D eigenvalue weighted by Crippen LogP contribution is 2.33. The van der Waals surface area contributed by atoms with Crippen LogP contribution < -0.4 is 10.6 Å². The number of imidazole rings is 1. The number of urea groups is 1. The van der Waals surface area contributed by atoms with Gasteiger partial charge in [0.1, 0.15) is 23.0 Å². The molecule has 2 amide bonds. The molecular weight excluding hydrogens is 364 g/mol. The molecule has 4 rings (SSSR count). The van der Waals surface area contributed by atoms with Crippen LogP contribution in [0, 0.1) is 11.6 Å². The van der Waals surface area contributed by atoms with Crippen LogP contribution in [0.15, 0.2) is 36.5 Å². The Morgan fingerprint density at radius 1 is 1.21 bits per heavy atom. The van der Waals surface area contributed by atoms with E-state index in [2.05, 4.69) is 25.2 Å². The van der Waals surface area contributed by atoms with Crippen molar-refractivity contribution >= 4 is 22.9 Å². The molecule has 1 saturated carbocycles. The zero-order valence-electron chi connectivity index (χ0n) is 15.3. The summed E-state index contributed by atoms with van der Waals surface area (Å²) in [4.78, 5) is 21.2. The van der Waals surface area contributed by atoms with Gasteiger partial charge in [-0.1, -0.05) is 12.8 Å². The van der Waals surface area contributed by atoms with Crippen molar-refractivity contribution in [2.75, 3.05) is 11.9 Å². The largest absolute Gasteiger partial charge is 0.337 e. The minimum atomic E-state index is -0.689. The van der Waals surface area contributed by atoms with Crippen molar-refractivity contribution in [3.05, 3.63) is 54.0 Å². The molecule has 0 aliphatic heterocycles. The normalized spacial score (nSPS) is 14.5. The van der Waals surface area contributed by atoms with Crippen LogP contribution in [0.5, 0.6) is 0 Å². The number of hydrogen-bond donors (Lipinski definition) is 2. The Morgan fingerprint density at radius 2 is 2.04 bits per heavy atom. The van der Waals surface area contributed by atoms with Crippen LogP contribution in [0.4, 0.5) is 19.3 Å². The second-order valence-electron chi connectivity index (χ2n) is 6.94. The van der Waals surface area contributed by atoms with Gasteiger partial charge in [0.15, 0.2) is 5.65 Å². The quantitative estimate of drug-likeness (QED) is 0.692. The van der Waals surface area contributed by atoms with Crippen molar-refractivity contribution in [1.29, 1.82) is 0 Å². The molecule has 3 aromatic rings. The van der Waals surface area contributed by atoms with E-state index in [0.717, 1.165) is 48.0 Å². The average Bonchev–Trinajstić information content (AvgIpc) is 3.31. The number of aromatic nitrogens is 3. The third kappa shape index (κ3) is 3.81. The Kier molecular flexibility index (Phi) is 5.18. The summed E-state index contributed by atoms with van der Waals surface area (Å²) in [5, 5.41) is 5.00. The molecule has 2 aromatic heterocycles. The summed E-state index contributed by atoms with van der Waals surface area (Å²) < 4.78 is 29.0. The number of carbonyl (C=O) groups excluding carboxylic acids is 1. The van der Waals surface area contributed by atoms with Crippen LogP contribution in [-0.2, 0) is 6.42 Å². The molecule has 1 aliphatic rings.